The Hall–Kier alpha value is -3.92. The Kier molecular flexibility index (Phi) is 11.1. The molecule has 40 heavy (non-hydrogen) atoms. The highest BCUT2D eigenvalue weighted by Crippen LogP contribution is 2.27. The second-order valence-corrected chi connectivity index (χ2v) is 11.1. The van der Waals surface area contributed by atoms with Crippen LogP contribution >= 0.6 is 0 Å². The SMILES string of the molecule is CCCCNC(=O)[C@@H](CC)N(Cc1ccc(F)cc1)C(=O)CN(c1cccc(OC)c1)S(=O)(=O)c1ccccc1. The second kappa shape index (κ2) is 14.5. The number of unbranched alkanes of at least 4 members (excludes halogenated alkanes) is 1. The zero-order valence-electron chi connectivity index (χ0n) is 23.0. The van der Waals surface area contributed by atoms with E-state index in [4.69, 9.17) is 4.74 Å². The highest BCUT2D eigenvalue weighted by molar-refractivity contribution is 7.92. The molecule has 0 aliphatic rings. The number of hydrogen-bond acceptors (Lipinski definition) is 5. The Balaban J connectivity index is 2.03. The molecule has 1 atom stereocenters. The van der Waals surface area contributed by atoms with Gasteiger partial charge in [-0.2, -0.15) is 0 Å². The van der Waals surface area contributed by atoms with Crippen molar-refractivity contribution in [2.45, 2.75) is 50.6 Å². The number of carbonyl (C=O) groups is 2. The highest BCUT2D eigenvalue weighted by atomic mass is 32.2. The zero-order chi connectivity index (χ0) is 29.1. The zero-order valence-corrected chi connectivity index (χ0v) is 23.9. The lowest BCUT2D eigenvalue weighted by Gasteiger charge is -2.33. The first-order valence-corrected chi connectivity index (χ1v) is 14.7. The molecule has 0 aliphatic carbocycles. The van der Waals surface area contributed by atoms with Gasteiger partial charge >= 0.3 is 0 Å². The van der Waals surface area contributed by atoms with E-state index in [1.807, 2.05) is 6.92 Å². The number of sulfonamides is 1. The molecule has 0 aliphatic heterocycles. The van der Waals surface area contributed by atoms with Crippen molar-refractivity contribution in [1.82, 2.24) is 10.2 Å². The summed E-state index contributed by atoms with van der Waals surface area (Å²) in [6.07, 6.45) is 1.98. The quantitative estimate of drug-likeness (QED) is 0.283. The van der Waals surface area contributed by atoms with Crippen LogP contribution in [0.4, 0.5) is 10.1 Å². The number of nitrogens with one attached hydrogen (secondary N) is 1. The third-order valence-electron chi connectivity index (χ3n) is 6.43. The maximum atomic E-state index is 14.0. The van der Waals surface area contributed by atoms with E-state index in [2.05, 4.69) is 5.32 Å². The fourth-order valence-corrected chi connectivity index (χ4v) is 5.65. The molecule has 0 fully saturated rings. The number of methoxy groups -OCH3 is 1. The van der Waals surface area contributed by atoms with Gasteiger partial charge in [-0.1, -0.05) is 56.7 Å². The number of hydrogen-bond donors (Lipinski definition) is 1. The van der Waals surface area contributed by atoms with Crippen molar-refractivity contribution >= 4 is 27.5 Å². The van der Waals surface area contributed by atoms with Gasteiger partial charge in [0.2, 0.25) is 11.8 Å². The largest absolute Gasteiger partial charge is 0.497 e. The topological polar surface area (TPSA) is 96.0 Å². The molecule has 0 bridgehead atoms. The van der Waals surface area contributed by atoms with E-state index in [0.29, 0.717) is 24.3 Å². The molecule has 10 heteroatoms. The van der Waals surface area contributed by atoms with Gasteiger partial charge in [0.25, 0.3) is 10.0 Å². The van der Waals surface area contributed by atoms with Gasteiger partial charge in [0.15, 0.2) is 0 Å². The number of nitrogens with zero attached hydrogens (tertiary/aromatic N) is 2. The molecule has 1 N–H and O–H groups in total. The van der Waals surface area contributed by atoms with Crippen LogP contribution in [0.3, 0.4) is 0 Å². The maximum Gasteiger partial charge on any atom is 0.264 e. The van der Waals surface area contributed by atoms with Crippen molar-refractivity contribution in [3.63, 3.8) is 0 Å². The van der Waals surface area contributed by atoms with E-state index in [1.54, 1.807) is 43.3 Å². The van der Waals surface area contributed by atoms with Crippen molar-refractivity contribution in [3.05, 3.63) is 90.2 Å². The first kappa shape index (κ1) is 30.6. The van der Waals surface area contributed by atoms with Crippen LogP contribution in [0, 0.1) is 5.82 Å². The van der Waals surface area contributed by atoms with Gasteiger partial charge in [0.05, 0.1) is 17.7 Å². The van der Waals surface area contributed by atoms with E-state index in [-0.39, 0.29) is 23.0 Å². The molecule has 0 saturated heterocycles. The molecule has 214 valence electrons. The summed E-state index contributed by atoms with van der Waals surface area (Å²) in [7, 11) is -2.71. The minimum Gasteiger partial charge on any atom is -0.497 e. The molecule has 0 radical (unpaired) electrons. The third-order valence-corrected chi connectivity index (χ3v) is 8.22. The van der Waals surface area contributed by atoms with Gasteiger partial charge in [-0.15, -0.1) is 0 Å². The number of anilines is 1. The maximum absolute atomic E-state index is 14.0. The second-order valence-electron chi connectivity index (χ2n) is 9.24. The Morgan fingerprint density at radius 2 is 1.68 bits per heavy atom. The van der Waals surface area contributed by atoms with E-state index >= 15 is 0 Å². The molecular formula is C30H36FN3O5S. The van der Waals surface area contributed by atoms with E-state index in [9.17, 15) is 22.4 Å². The average molecular weight is 570 g/mol. The molecule has 0 aromatic heterocycles. The lowest BCUT2D eigenvalue weighted by molar-refractivity contribution is -0.140. The van der Waals surface area contributed by atoms with Crippen molar-refractivity contribution in [3.8, 4) is 5.75 Å². The van der Waals surface area contributed by atoms with Crippen LogP contribution in [-0.2, 0) is 26.2 Å². The van der Waals surface area contributed by atoms with Crippen LogP contribution in [0.1, 0.15) is 38.7 Å². The summed E-state index contributed by atoms with van der Waals surface area (Å²) in [6, 6.07) is 19.0. The van der Waals surface area contributed by atoms with Gasteiger partial charge in [0.1, 0.15) is 24.2 Å². The number of carbonyl (C=O) groups excluding carboxylic acids is 2. The number of halogens is 1. The molecular weight excluding hydrogens is 533 g/mol. The van der Waals surface area contributed by atoms with Gasteiger partial charge in [-0.05, 0) is 54.8 Å². The normalized spacial score (nSPS) is 11.9. The standard InChI is InChI=1S/C30H36FN3O5S/c1-4-6-19-32-30(36)28(5-2)33(21-23-15-17-24(31)18-16-23)29(35)22-34(25-11-10-12-26(20-25)39-3)40(37,38)27-13-8-7-9-14-27/h7-18,20,28H,4-6,19,21-22H2,1-3H3,(H,32,36)/t28-/m1/s1. The summed E-state index contributed by atoms with van der Waals surface area (Å²) >= 11 is 0. The highest BCUT2D eigenvalue weighted by Gasteiger charge is 2.33. The number of ether oxygens (including phenoxy) is 1. The molecule has 3 aromatic rings. The van der Waals surface area contributed by atoms with Gasteiger partial charge in [-0.3, -0.25) is 13.9 Å². The van der Waals surface area contributed by atoms with Crippen molar-refractivity contribution in [2.75, 3.05) is 24.5 Å². The average Bonchev–Trinajstić information content (AvgIpc) is 2.97. The summed E-state index contributed by atoms with van der Waals surface area (Å²) in [6.45, 7) is 3.69. The summed E-state index contributed by atoms with van der Waals surface area (Å²) in [4.78, 5) is 28.6. The summed E-state index contributed by atoms with van der Waals surface area (Å²) in [5.41, 5.74) is 0.840. The molecule has 3 rings (SSSR count). The van der Waals surface area contributed by atoms with Crippen LogP contribution in [0.2, 0.25) is 0 Å². The fourth-order valence-electron chi connectivity index (χ4n) is 4.23. The third kappa shape index (κ3) is 7.81. The van der Waals surface area contributed by atoms with E-state index in [1.165, 1.54) is 54.5 Å². The Labute approximate surface area is 235 Å². The van der Waals surface area contributed by atoms with Gasteiger partial charge in [-0.25, -0.2) is 12.8 Å². The van der Waals surface area contributed by atoms with Crippen LogP contribution in [0.15, 0.2) is 83.8 Å². The van der Waals surface area contributed by atoms with Gasteiger partial charge in [0, 0.05) is 19.2 Å². The minimum atomic E-state index is -4.18. The van der Waals surface area contributed by atoms with Crippen LogP contribution in [0.5, 0.6) is 5.75 Å². The van der Waals surface area contributed by atoms with Crippen molar-refractivity contribution < 1.29 is 27.1 Å². The summed E-state index contributed by atoms with van der Waals surface area (Å²) < 4.78 is 47.6. The van der Waals surface area contributed by atoms with E-state index in [0.717, 1.165) is 17.1 Å². The number of rotatable bonds is 14. The van der Waals surface area contributed by atoms with Crippen LogP contribution in [-0.4, -0.2) is 51.4 Å². The smallest absolute Gasteiger partial charge is 0.264 e. The molecule has 8 nitrogen and oxygen atoms in total. The lowest BCUT2D eigenvalue weighted by Crippen LogP contribution is -2.52. The number of amides is 2. The van der Waals surface area contributed by atoms with Crippen molar-refractivity contribution in [2.24, 2.45) is 0 Å². The predicted molar refractivity (Wildman–Crippen MR) is 153 cm³/mol. The fraction of sp³-hybridized carbons (Fsp3) is 0.333. The molecule has 0 spiro atoms. The first-order valence-electron chi connectivity index (χ1n) is 13.2. The first-order chi connectivity index (χ1) is 19.2. The van der Waals surface area contributed by atoms with Gasteiger partial charge < -0.3 is 15.0 Å². The minimum absolute atomic E-state index is 0.00382. The summed E-state index contributed by atoms with van der Waals surface area (Å²) in [5, 5.41) is 2.88. The predicted octanol–water partition coefficient (Wildman–Crippen LogP) is 4.75. The molecule has 0 saturated carbocycles. The molecule has 3 aromatic carbocycles. The van der Waals surface area contributed by atoms with E-state index < -0.39 is 34.3 Å². The molecule has 0 heterocycles. The number of benzene rings is 3. The van der Waals surface area contributed by atoms with Crippen LogP contribution in [0.25, 0.3) is 0 Å². The monoisotopic (exact) mass is 569 g/mol. The lowest BCUT2D eigenvalue weighted by atomic mass is 10.1. The molecule has 2 amide bonds. The molecule has 0 unspecified atom stereocenters. The Morgan fingerprint density at radius 3 is 2.30 bits per heavy atom. The Morgan fingerprint density at radius 1 is 0.975 bits per heavy atom. The van der Waals surface area contributed by atoms with Crippen molar-refractivity contribution in [1.29, 1.82) is 0 Å². The summed E-state index contributed by atoms with van der Waals surface area (Å²) in [5.74, 6) is -0.915. The Bertz CT molecular complexity index is 1370. The van der Waals surface area contributed by atoms with Crippen LogP contribution < -0.4 is 14.4 Å².